The molecule has 0 aliphatic carbocycles. The van der Waals surface area contributed by atoms with Crippen LogP contribution >= 0.6 is 0 Å². The molecule has 0 saturated carbocycles. The van der Waals surface area contributed by atoms with E-state index in [4.69, 9.17) is 4.74 Å². The van der Waals surface area contributed by atoms with Crippen molar-refractivity contribution < 1.29 is 14.5 Å². The number of amides is 1. The molecule has 0 bridgehead atoms. The normalized spacial score (nSPS) is 10.4. The molecule has 2 rings (SSSR count). The molecule has 0 radical (unpaired) electrons. The van der Waals surface area contributed by atoms with Crippen LogP contribution < -0.4 is 10.1 Å². The van der Waals surface area contributed by atoms with Crippen molar-refractivity contribution in [2.24, 2.45) is 0 Å². The maximum atomic E-state index is 12.2. The molecule has 0 aliphatic heterocycles. The molecule has 0 saturated heterocycles. The molecule has 0 atom stereocenters. The lowest BCUT2D eigenvalue weighted by Crippen LogP contribution is -2.26. The lowest BCUT2D eigenvalue weighted by atomic mass is 10.1. The second-order valence-electron chi connectivity index (χ2n) is 5.94. The molecular formula is C19H23N3O4. The van der Waals surface area contributed by atoms with Gasteiger partial charge < -0.3 is 10.1 Å². The lowest BCUT2D eigenvalue weighted by molar-refractivity contribution is -0.385. The van der Waals surface area contributed by atoms with Crippen LogP contribution in [-0.2, 0) is 6.42 Å². The summed E-state index contributed by atoms with van der Waals surface area (Å²) in [6, 6.07) is 9.02. The third-order valence-corrected chi connectivity index (χ3v) is 3.92. The van der Waals surface area contributed by atoms with E-state index in [-0.39, 0.29) is 17.2 Å². The fraction of sp³-hybridized carbons (Fsp3) is 0.368. The maximum absolute atomic E-state index is 12.2. The van der Waals surface area contributed by atoms with Crippen LogP contribution in [0.3, 0.4) is 0 Å². The smallest absolute Gasteiger partial charge is 0.288 e. The largest absolute Gasteiger partial charge is 0.494 e. The minimum Gasteiger partial charge on any atom is -0.494 e. The molecule has 0 fully saturated rings. The van der Waals surface area contributed by atoms with E-state index in [1.807, 2.05) is 24.3 Å². The second-order valence-corrected chi connectivity index (χ2v) is 5.94. The van der Waals surface area contributed by atoms with Crippen molar-refractivity contribution in [3.8, 4) is 5.75 Å². The number of pyridine rings is 1. The van der Waals surface area contributed by atoms with Crippen LogP contribution in [-0.4, -0.2) is 29.0 Å². The first-order valence-corrected chi connectivity index (χ1v) is 8.62. The average molecular weight is 357 g/mol. The maximum Gasteiger partial charge on any atom is 0.288 e. The quantitative estimate of drug-likeness (QED) is 0.421. The summed E-state index contributed by atoms with van der Waals surface area (Å²) in [5, 5.41) is 13.6. The van der Waals surface area contributed by atoms with Crippen LogP contribution in [0.25, 0.3) is 0 Å². The van der Waals surface area contributed by atoms with Crippen molar-refractivity contribution in [1.29, 1.82) is 0 Å². The zero-order chi connectivity index (χ0) is 18.9. The number of nitro groups is 1. The van der Waals surface area contributed by atoms with Crippen molar-refractivity contribution >= 4 is 11.6 Å². The molecule has 1 aromatic carbocycles. The average Bonchev–Trinajstić information content (AvgIpc) is 2.63. The van der Waals surface area contributed by atoms with Crippen molar-refractivity contribution in [1.82, 2.24) is 10.3 Å². The lowest BCUT2D eigenvalue weighted by Gasteiger charge is -2.08. The standard InChI is InChI=1S/C19H23N3O4/c1-3-4-11-26-17-7-5-15(6-8-17)9-10-20-19(23)18-12-16(22(24)25)13-21-14(18)2/h5-8,12-13H,3-4,9-11H2,1-2H3,(H,20,23). The van der Waals surface area contributed by atoms with Gasteiger partial charge in [-0.3, -0.25) is 19.9 Å². The molecule has 0 unspecified atom stereocenters. The van der Waals surface area contributed by atoms with Crippen LogP contribution in [0.1, 0.15) is 41.4 Å². The number of carbonyl (C=O) groups is 1. The van der Waals surface area contributed by atoms with E-state index in [0.717, 1.165) is 30.4 Å². The number of benzene rings is 1. The molecule has 138 valence electrons. The van der Waals surface area contributed by atoms with Crippen molar-refractivity contribution in [2.45, 2.75) is 33.1 Å². The molecule has 1 amide bonds. The monoisotopic (exact) mass is 357 g/mol. The Balaban J connectivity index is 1.86. The van der Waals surface area contributed by atoms with E-state index in [0.29, 0.717) is 25.3 Å². The number of rotatable bonds is 9. The van der Waals surface area contributed by atoms with E-state index >= 15 is 0 Å². The minimum absolute atomic E-state index is 0.195. The Hall–Kier alpha value is -2.96. The van der Waals surface area contributed by atoms with Gasteiger partial charge in [-0.1, -0.05) is 25.5 Å². The number of aryl methyl sites for hydroxylation is 1. The highest BCUT2D eigenvalue weighted by Gasteiger charge is 2.15. The van der Waals surface area contributed by atoms with Gasteiger partial charge in [-0.25, -0.2) is 0 Å². The van der Waals surface area contributed by atoms with E-state index in [9.17, 15) is 14.9 Å². The molecule has 1 aromatic heterocycles. The van der Waals surface area contributed by atoms with Gasteiger partial charge in [0.05, 0.1) is 22.8 Å². The van der Waals surface area contributed by atoms with Gasteiger partial charge in [0.25, 0.3) is 11.6 Å². The summed E-state index contributed by atoms with van der Waals surface area (Å²) < 4.78 is 5.61. The van der Waals surface area contributed by atoms with Crippen molar-refractivity contribution in [3.63, 3.8) is 0 Å². The van der Waals surface area contributed by atoms with Gasteiger partial charge in [-0.15, -0.1) is 0 Å². The Kier molecular flexibility index (Phi) is 7.08. The molecule has 1 N–H and O–H groups in total. The molecule has 7 nitrogen and oxygen atoms in total. The zero-order valence-corrected chi connectivity index (χ0v) is 15.0. The number of ether oxygens (including phenoxy) is 1. The highest BCUT2D eigenvalue weighted by atomic mass is 16.6. The number of hydrogen-bond acceptors (Lipinski definition) is 5. The predicted octanol–water partition coefficient (Wildman–Crippen LogP) is 3.45. The fourth-order valence-electron chi connectivity index (χ4n) is 2.35. The summed E-state index contributed by atoms with van der Waals surface area (Å²) in [6.45, 7) is 4.90. The predicted molar refractivity (Wildman–Crippen MR) is 98.5 cm³/mol. The van der Waals surface area contributed by atoms with Crippen LogP contribution in [0, 0.1) is 17.0 Å². The summed E-state index contributed by atoms with van der Waals surface area (Å²) in [7, 11) is 0. The summed E-state index contributed by atoms with van der Waals surface area (Å²) in [4.78, 5) is 26.4. The minimum atomic E-state index is -0.562. The Morgan fingerprint density at radius 1 is 1.31 bits per heavy atom. The molecule has 26 heavy (non-hydrogen) atoms. The first-order valence-electron chi connectivity index (χ1n) is 8.62. The van der Waals surface area contributed by atoms with Crippen molar-refractivity contribution in [3.05, 3.63) is 63.5 Å². The number of unbranched alkanes of at least 4 members (excludes halogenated alkanes) is 1. The Morgan fingerprint density at radius 3 is 2.69 bits per heavy atom. The fourth-order valence-corrected chi connectivity index (χ4v) is 2.35. The van der Waals surface area contributed by atoms with Crippen molar-refractivity contribution in [2.75, 3.05) is 13.2 Å². The van der Waals surface area contributed by atoms with E-state index in [1.165, 1.54) is 6.07 Å². The van der Waals surface area contributed by atoms with Crippen LogP contribution in [0.2, 0.25) is 0 Å². The van der Waals surface area contributed by atoms with E-state index < -0.39 is 4.92 Å². The third kappa shape index (κ3) is 5.54. The highest BCUT2D eigenvalue weighted by Crippen LogP contribution is 2.15. The summed E-state index contributed by atoms with van der Waals surface area (Å²) in [5.74, 6) is 0.475. The zero-order valence-electron chi connectivity index (χ0n) is 15.0. The third-order valence-electron chi connectivity index (χ3n) is 3.92. The van der Waals surface area contributed by atoms with Gasteiger partial charge in [0.15, 0.2) is 0 Å². The summed E-state index contributed by atoms with van der Waals surface area (Å²) in [6.07, 6.45) is 3.93. The van der Waals surface area contributed by atoms with Gasteiger partial charge >= 0.3 is 0 Å². The molecule has 0 spiro atoms. The summed E-state index contributed by atoms with van der Waals surface area (Å²) >= 11 is 0. The number of nitrogens with one attached hydrogen (secondary N) is 1. The van der Waals surface area contributed by atoms with Crippen LogP contribution in [0.4, 0.5) is 5.69 Å². The van der Waals surface area contributed by atoms with E-state index in [2.05, 4.69) is 17.2 Å². The molecular weight excluding hydrogens is 334 g/mol. The van der Waals surface area contributed by atoms with E-state index in [1.54, 1.807) is 6.92 Å². The van der Waals surface area contributed by atoms with Gasteiger partial charge in [-0.05, 0) is 37.5 Å². The number of hydrogen-bond donors (Lipinski definition) is 1. The second kappa shape index (κ2) is 9.50. The topological polar surface area (TPSA) is 94.4 Å². The SMILES string of the molecule is CCCCOc1ccc(CCNC(=O)c2cc([N+](=O)[O-])cnc2C)cc1. The summed E-state index contributed by atoms with van der Waals surface area (Å²) in [5.41, 5.74) is 1.56. The Morgan fingerprint density at radius 2 is 2.04 bits per heavy atom. The van der Waals surface area contributed by atoms with Crippen LogP contribution in [0.5, 0.6) is 5.75 Å². The van der Waals surface area contributed by atoms with Gasteiger partial charge in [0.1, 0.15) is 11.9 Å². The highest BCUT2D eigenvalue weighted by molar-refractivity contribution is 5.95. The first kappa shape index (κ1) is 19.4. The molecule has 2 aromatic rings. The number of aromatic nitrogens is 1. The Labute approximate surface area is 152 Å². The molecule has 0 aliphatic rings. The molecule has 1 heterocycles. The van der Waals surface area contributed by atoms with Crippen LogP contribution in [0.15, 0.2) is 36.5 Å². The molecule has 7 heteroatoms. The number of nitrogens with zero attached hydrogens (tertiary/aromatic N) is 2. The Bertz CT molecular complexity index is 760. The number of carbonyl (C=O) groups excluding carboxylic acids is 1. The van der Waals surface area contributed by atoms with Gasteiger partial charge in [0, 0.05) is 12.6 Å². The first-order chi connectivity index (χ1) is 12.5. The van der Waals surface area contributed by atoms with Gasteiger partial charge in [-0.2, -0.15) is 0 Å². The van der Waals surface area contributed by atoms with Gasteiger partial charge in [0.2, 0.25) is 0 Å².